The van der Waals surface area contributed by atoms with Crippen molar-refractivity contribution in [3.63, 3.8) is 0 Å². The van der Waals surface area contributed by atoms with E-state index in [1.807, 2.05) is 6.92 Å². The molecule has 0 aliphatic carbocycles. The van der Waals surface area contributed by atoms with E-state index in [1.54, 1.807) is 24.3 Å². The van der Waals surface area contributed by atoms with Gasteiger partial charge in [-0.25, -0.2) is 0 Å². The van der Waals surface area contributed by atoms with Gasteiger partial charge in [0, 0.05) is 0 Å². The van der Waals surface area contributed by atoms with Crippen LogP contribution >= 0.6 is 11.6 Å². The molecule has 90 valence electrons. The van der Waals surface area contributed by atoms with Gasteiger partial charge in [-0.05, 0) is 24.6 Å². The van der Waals surface area contributed by atoms with Gasteiger partial charge in [0.2, 0.25) is 0 Å². The van der Waals surface area contributed by atoms with E-state index in [1.165, 1.54) is 0 Å². The van der Waals surface area contributed by atoms with Gasteiger partial charge in [0.05, 0.1) is 18.4 Å². The number of rotatable bonds is 4. The Morgan fingerprint density at radius 1 is 1.25 bits per heavy atom. The number of halogens is 4. The quantitative estimate of drug-likeness (QED) is 0.725. The Labute approximate surface area is 97.2 Å². The molecular formula is C11H12ClF3O. The number of hydrogen-bond acceptors (Lipinski definition) is 1. The third kappa shape index (κ3) is 4.31. The highest BCUT2D eigenvalue weighted by molar-refractivity contribution is 6.20. The Bertz CT molecular complexity index is 321. The SMILES string of the molecule is CCOc1ccc(C(Cl)CC(F)(F)F)cc1. The Morgan fingerprint density at radius 2 is 1.81 bits per heavy atom. The van der Waals surface area contributed by atoms with Crippen LogP contribution in [0.15, 0.2) is 24.3 Å². The molecule has 1 aromatic rings. The number of ether oxygens (including phenoxy) is 1. The lowest BCUT2D eigenvalue weighted by Gasteiger charge is -2.13. The second kappa shape index (κ2) is 5.43. The topological polar surface area (TPSA) is 9.23 Å². The van der Waals surface area contributed by atoms with Crippen molar-refractivity contribution < 1.29 is 17.9 Å². The second-order valence-corrected chi connectivity index (χ2v) is 3.82. The summed E-state index contributed by atoms with van der Waals surface area (Å²) in [5.41, 5.74) is 0.447. The maximum absolute atomic E-state index is 12.1. The zero-order valence-electron chi connectivity index (χ0n) is 8.72. The Morgan fingerprint density at radius 3 is 2.25 bits per heavy atom. The van der Waals surface area contributed by atoms with E-state index in [4.69, 9.17) is 16.3 Å². The van der Waals surface area contributed by atoms with E-state index in [0.717, 1.165) is 0 Å². The monoisotopic (exact) mass is 252 g/mol. The van der Waals surface area contributed by atoms with Gasteiger partial charge in [-0.3, -0.25) is 0 Å². The molecule has 1 unspecified atom stereocenters. The molecule has 1 rings (SSSR count). The third-order valence-electron chi connectivity index (χ3n) is 1.96. The molecule has 0 aliphatic rings. The molecular weight excluding hydrogens is 241 g/mol. The zero-order valence-corrected chi connectivity index (χ0v) is 9.48. The van der Waals surface area contributed by atoms with E-state index in [9.17, 15) is 13.2 Å². The van der Waals surface area contributed by atoms with E-state index in [2.05, 4.69) is 0 Å². The van der Waals surface area contributed by atoms with Gasteiger partial charge in [0.15, 0.2) is 0 Å². The molecule has 0 aliphatic heterocycles. The fourth-order valence-electron chi connectivity index (χ4n) is 1.26. The van der Waals surface area contributed by atoms with Gasteiger partial charge in [0.1, 0.15) is 5.75 Å². The van der Waals surface area contributed by atoms with Crippen LogP contribution in [0.1, 0.15) is 24.3 Å². The number of alkyl halides is 4. The highest BCUT2D eigenvalue weighted by Gasteiger charge is 2.31. The van der Waals surface area contributed by atoms with Gasteiger partial charge in [-0.15, -0.1) is 11.6 Å². The molecule has 1 atom stereocenters. The number of hydrogen-bond donors (Lipinski definition) is 0. The standard InChI is InChI=1S/C11H12ClF3O/c1-2-16-9-5-3-8(4-6-9)10(12)7-11(13,14)15/h3-6,10H,2,7H2,1H3. The summed E-state index contributed by atoms with van der Waals surface area (Å²) in [6.45, 7) is 2.36. The maximum atomic E-state index is 12.1. The lowest BCUT2D eigenvalue weighted by molar-refractivity contribution is -0.134. The normalized spacial score (nSPS) is 13.6. The predicted octanol–water partition coefficient (Wildman–Crippen LogP) is 4.32. The average Bonchev–Trinajstić information content (AvgIpc) is 2.16. The average molecular weight is 253 g/mol. The molecule has 0 spiro atoms. The van der Waals surface area contributed by atoms with Crippen LogP contribution in [0, 0.1) is 0 Å². The fraction of sp³-hybridized carbons (Fsp3) is 0.455. The largest absolute Gasteiger partial charge is 0.494 e. The summed E-state index contributed by atoms with van der Waals surface area (Å²) in [5.74, 6) is 0.627. The van der Waals surface area contributed by atoms with Crippen LogP contribution in [0.3, 0.4) is 0 Å². The summed E-state index contributed by atoms with van der Waals surface area (Å²) in [7, 11) is 0. The molecule has 0 N–H and O–H groups in total. The van der Waals surface area contributed by atoms with Crippen LogP contribution in [0.5, 0.6) is 5.75 Å². The van der Waals surface area contributed by atoms with Crippen molar-refractivity contribution in [2.24, 2.45) is 0 Å². The van der Waals surface area contributed by atoms with E-state index in [-0.39, 0.29) is 0 Å². The van der Waals surface area contributed by atoms with E-state index < -0.39 is 18.0 Å². The minimum atomic E-state index is -4.25. The van der Waals surface area contributed by atoms with Crippen LogP contribution in [-0.4, -0.2) is 12.8 Å². The molecule has 0 radical (unpaired) electrons. The highest BCUT2D eigenvalue weighted by Crippen LogP contribution is 2.34. The minimum Gasteiger partial charge on any atom is -0.494 e. The van der Waals surface area contributed by atoms with Crippen molar-refractivity contribution in [1.82, 2.24) is 0 Å². The summed E-state index contributed by atoms with van der Waals surface area (Å²) < 4.78 is 41.4. The summed E-state index contributed by atoms with van der Waals surface area (Å²) >= 11 is 5.66. The van der Waals surface area contributed by atoms with Crippen LogP contribution in [0.4, 0.5) is 13.2 Å². The fourth-order valence-corrected chi connectivity index (χ4v) is 1.58. The summed E-state index contributed by atoms with van der Waals surface area (Å²) in [5, 5.41) is -1.05. The Balaban J connectivity index is 2.66. The third-order valence-corrected chi connectivity index (χ3v) is 2.37. The van der Waals surface area contributed by atoms with Crippen molar-refractivity contribution in [2.75, 3.05) is 6.61 Å². The van der Waals surface area contributed by atoms with Gasteiger partial charge in [-0.1, -0.05) is 12.1 Å². The smallest absolute Gasteiger partial charge is 0.390 e. The minimum absolute atomic E-state index is 0.447. The summed E-state index contributed by atoms with van der Waals surface area (Å²) in [6, 6.07) is 6.33. The highest BCUT2D eigenvalue weighted by atomic mass is 35.5. The Hall–Kier alpha value is -0.900. The molecule has 0 saturated carbocycles. The summed E-state index contributed by atoms with van der Waals surface area (Å²) in [6.07, 6.45) is -5.27. The molecule has 16 heavy (non-hydrogen) atoms. The van der Waals surface area contributed by atoms with Crippen molar-refractivity contribution in [3.8, 4) is 5.75 Å². The van der Waals surface area contributed by atoms with Crippen LogP contribution in [0.25, 0.3) is 0 Å². The second-order valence-electron chi connectivity index (χ2n) is 3.29. The van der Waals surface area contributed by atoms with Crippen LogP contribution in [0.2, 0.25) is 0 Å². The molecule has 0 heterocycles. The van der Waals surface area contributed by atoms with Crippen LogP contribution in [-0.2, 0) is 0 Å². The Kier molecular flexibility index (Phi) is 4.47. The van der Waals surface area contributed by atoms with Crippen LogP contribution < -0.4 is 4.74 Å². The van der Waals surface area contributed by atoms with Gasteiger partial charge < -0.3 is 4.74 Å². The predicted molar refractivity (Wildman–Crippen MR) is 56.9 cm³/mol. The van der Waals surface area contributed by atoms with Crippen molar-refractivity contribution in [2.45, 2.75) is 24.9 Å². The van der Waals surface area contributed by atoms with Gasteiger partial charge >= 0.3 is 6.18 Å². The summed E-state index contributed by atoms with van der Waals surface area (Å²) in [4.78, 5) is 0. The zero-order chi connectivity index (χ0) is 12.2. The first-order valence-corrected chi connectivity index (χ1v) is 5.29. The number of benzene rings is 1. The molecule has 0 fully saturated rings. The molecule has 5 heteroatoms. The molecule has 1 aromatic carbocycles. The molecule has 0 saturated heterocycles. The van der Waals surface area contributed by atoms with Gasteiger partial charge in [0.25, 0.3) is 0 Å². The van der Waals surface area contributed by atoms with Crippen molar-refractivity contribution in [1.29, 1.82) is 0 Å². The van der Waals surface area contributed by atoms with Gasteiger partial charge in [-0.2, -0.15) is 13.2 Å². The lowest BCUT2D eigenvalue weighted by atomic mass is 10.1. The van der Waals surface area contributed by atoms with Crippen molar-refractivity contribution >= 4 is 11.6 Å². The van der Waals surface area contributed by atoms with E-state index >= 15 is 0 Å². The first-order valence-electron chi connectivity index (χ1n) is 4.86. The maximum Gasteiger partial charge on any atom is 0.390 e. The molecule has 0 aromatic heterocycles. The first kappa shape index (κ1) is 13.2. The molecule has 0 bridgehead atoms. The molecule has 1 nitrogen and oxygen atoms in total. The van der Waals surface area contributed by atoms with E-state index in [0.29, 0.717) is 17.9 Å². The first-order chi connectivity index (χ1) is 7.42. The molecule has 0 amide bonds. The van der Waals surface area contributed by atoms with Crippen molar-refractivity contribution in [3.05, 3.63) is 29.8 Å². The lowest BCUT2D eigenvalue weighted by Crippen LogP contribution is -2.10.